The molecule has 2 aromatic heterocycles. The molecule has 0 aliphatic heterocycles. The Kier molecular flexibility index (Phi) is 3.09. The normalized spacial score (nSPS) is 11.0. The highest BCUT2D eigenvalue weighted by Crippen LogP contribution is 2.21. The monoisotopic (exact) mass is 272 g/mol. The number of nitrogens with zero attached hydrogens (tertiary/aromatic N) is 3. The Morgan fingerprint density at radius 1 is 1.21 bits per heavy atom. The Balaban J connectivity index is 1.90. The van der Waals surface area contributed by atoms with Crippen molar-refractivity contribution in [3.05, 3.63) is 53.3 Å². The molecule has 2 N–H and O–H groups in total. The molecule has 0 saturated heterocycles. The molecule has 2 heterocycles. The Labute approximate surface area is 115 Å². The number of hydrogen-bond acceptors (Lipinski definition) is 3. The summed E-state index contributed by atoms with van der Waals surface area (Å²) in [6, 6.07) is 11.5. The summed E-state index contributed by atoms with van der Waals surface area (Å²) in [6.45, 7) is 0.751. The van der Waals surface area contributed by atoms with Crippen LogP contribution < -0.4 is 5.73 Å². The van der Waals surface area contributed by atoms with Crippen molar-refractivity contribution < 1.29 is 0 Å². The number of rotatable bonds is 3. The number of aromatic nitrogens is 3. The molecular formula is C14H13ClN4. The molecule has 0 aliphatic rings. The third-order valence-electron chi connectivity index (χ3n) is 3.06. The number of benzene rings is 1. The van der Waals surface area contributed by atoms with Crippen molar-refractivity contribution >= 4 is 28.6 Å². The number of hydrogen-bond donors (Lipinski definition) is 1. The van der Waals surface area contributed by atoms with Crippen molar-refractivity contribution in [1.82, 2.24) is 14.5 Å². The van der Waals surface area contributed by atoms with Crippen molar-refractivity contribution in [3.63, 3.8) is 0 Å². The molecule has 0 amide bonds. The number of nitrogens with two attached hydrogens (primary N) is 1. The third-order valence-corrected chi connectivity index (χ3v) is 3.29. The van der Waals surface area contributed by atoms with Crippen molar-refractivity contribution in [2.75, 3.05) is 5.73 Å². The molecule has 3 rings (SSSR count). The van der Waals surface area contributed by atoms with E-state index in [9.17, 15) is 0 Å². The molecular weight excluding hydrogens is 260 g/mol. The average Bonchev–Trinajstić information content (AvgIpc) is 2.72. The van der Waals surface area contributed by atoms with Gasteiger partial charge in [0.2, 0.25) is 5.95 Å². The molecule has 0 fully saturated rings. The van der Waals surface area contributed by atoms with Gasteiger partial charge in [-0.15, -0.1) is 0 Å². The van der Waals surface area contributed by atoms with Gasteiger partial charge in [0.1, 0.15) is 0 Å². The van der Waals surface area contributed by atoms with E-state index in [4.69, 9.17) is 17.3 Å². The van der Waals surface area contributed by atoms with Gasteiger partial charge in [0.25, 0.3) is 0 Å². The fourth-order valence-corrected chi connectivity index (χ4v) is 2.30. The Morgan fingerprint density at radius 2 is 2.11 bits per heavy atom. The lowest BCUT2D eigenvalue weighted by Crippen LogP contribution is -2.06. The quantitative estimate of drug-likeness (QED) is 0.798. The lowest BCUT2D eigenvalue weighted by Gasteiger charge is -2.06. The number of aryl methyl sites for hydroxylation is 2. The molecule has 0 bridgehead atoms. The highest BCUT2D eigenvalue weighted by atomic mass is 35.5. The first-order valence-electron chi connectivity index (χ1n) is 6.05. The van der Waals surface area contributed by atoms with E-state index in [0.29, 0.717) is 11.0 Å². The van der Waals surface area contributed by atoms with Gasteiger partial charge < -0.3 is 10.3 Å². The van der Waals surface area contributed by atoms with Crippen LogP contribution in [0.1, 0.15) is 5.69 Å². The molecule has 19 heavy (non-hydrogen) atoms. The number of halogens is 1. The van der Waals surface area contributed by atoms with Crippen LogP contribution in [0.5, 0.6) is 0 Å². The summed E-state index contributed by atoms with van der Waals surface area (Å²) in [6.07, 6.45) is 2.61. The van der Waals surface area contributed by atoms with E-state index in [1.165, 1.54) is 0 Å². The first kappa shape index (κ1) is 12.0. The molecule has 96 valence electrons. The maximum Gasteiger partial charge on any atom is 0.201 e. The van der Waals surface area contributed by atoms with Crippen LogP contribution in [0.4, 0.5) is 5.95 Å². The summed E-state index contributed by atoms with van der Waals surface area (Å²) in [4.78, 5) is 8.63. The lowest BCUT2D eigenvalue weighted by molar-refractivity contribution is 0.713. The van der Waals surface area contributed by atoms with Crippen LogP contribution in [0.15, 0.2) is 42.6 Å². The van der Waals surface area contributed by atoms with E-state index in [1.54, 1.807) is 6.20 Å². The van der Waals surface area contributed by atoms with E-state index in [-0.39, 0.29) is 0 Å². The number of pyridine rings is 1. The van der Waals surface area contributed by atoms with Crippen LogP contribution in [-0.4, -0.2) is 14.5 Å². The van der Waals surface area contributed by atoms with Crippen molar-refractivity contribution in [2.24, 2.45) is 0 Å². The first-order valence-corrected chi connectivity index (χ1v) is 6.43. The second-order valence-corrected chi connectivity index (χ2v) is 4.76. The van der Waals surface area contributed by atoms with E-state index in [2.05, 4.69) is 9.97 Å². The first-order chi connectivity index (χ1) is 9.24. The maximum absolute atomic E-state index is 5.96. The molecule has 0 aliphatic carbocycles. The SMILES string of the molecule is Nc1nc2cc(Cl)ccc2n1CCc1ccccn1. The fraction of sp³-hybridized carbons (Fsp3) is 0.143. The van der Waals surface area contributed by atoms with Crippen LogP contribution in [0.25, 0.3) is 11.0 Å². The molecule has 0 spiro atoms. The van der Waals surface area contributed by atoms with Gasteiger partial charge in [-0.2, -0.15) is 0 Å². The minimum absolute atomic E-state index is 0.508. The number of anilines is 1. The zero-order valence-electron chi connectivity index (χ0n) is 10.3. The van der Waals surface area contributed by atoms with Crippen LogP contribution in [0.3, 0.4) is 0 Å². The fourth-order valence-electron chi connectivity index (χ4n) is 2.13. The van der Waals surface area contributed by atoms with Crippen molar-refractivity contribution in [1.29, 1.82) is 0 Å². The van der Waals surface area contributed by atoms with Crippen LogP contribution in [0.2, 0.25) is 5.02 Å². The largest absolute Gasteiger partial charge is 0.369 e. The number of imidazole rings is 1. The van der Waals surface area contributed by atoms with Gasteiger partial charge in [-0.1, -0.05) is 17.7 Å². The number of nitrogen functional groups attached to an aromatic ring is 1. The summed E-state index contributed by atoms with van der Waals surface area (Å²) >= 11 is 5.95. The molecule has 0 radical (unpaired) electrons. The summed E-state index contributed by atoms with van der Waals surface area (Å²) in [5, 5.41) is 0.668. The summed E-state index contributed by atoms with van der Waals surface area (Å²) in [5.74, 6) is 0.508. The predicted octanol–water partition coefficient (Wildman–Crippen LogP) is 2.91. The third kappa shape index (κ3) is 2.39. The Bertz CT molecular complexity index is 706. The summed E-state index contributed by atoms with van der Waals surface area (Å²) in [7, 11) is 0. The lowest BCUT2D eigenvalue weighted by atomic mass is 10.2. The van der Waals surface area contributed by atoms with Gasteiger partial charge in [0, 0.05) is 29.9 Å². The standard InChI is InChI=1S/C14H13ClN4/c15-10-4-5-13-12(9-10)18-14(16)19(13)8-6-11-3-1-2-7-17-11/h1-5,7,9H,6,8H2,(H2,16,18). The summed E-state index contributed by atoms with van der Waals surface area (Å²) in [5.41, 5.74) is 8.82. The highest BCUT2D eigenvalue weighted by molar-refractivity contribution is 6.31. The molecule has 0 unspecified atom stereocenters. The van der Waals surface area contributed by atoms with Crippen molar-refractivity contribution in [2.45, 2.75) is 13.0 Å². The second kappa shape index (κ2) is 4.90. The molecule has 0 atom stereocenters. The van der Waals surface area contributed by atoms with E-state index >= 15 is 0 Å². The van der Waals surface area contributed by atoms with Gasteiger partial charge in [0.15, 0.2) is 0 Å². The molecule has 5 heteroatoms. The predicted molar refractivity (Wildman–Crippen MR) is 77.1 cm³/mol. The van der Waals surface area contributed by atoms with Gasteiger partial charge in [0.05, 0.1) is 11.0 Å². The Morgan fingerprint density at radius 3 is 2.89 bits per heavy atom. The smallest absolute Gasteiger partial charge is 0.201 e. The average molecular weight is 273 g/mol. The zero-order valence-corrected chi connectivity index (χ0v) is 11.0. The second-order valence-electron chi connectivity index (χ2n) is 4.33. The van der Waals surface area contributed by atoms with Crippen molar-refractivity contribution in [3.8, 4) is 0 Å². The van der Waals surface area contributed by atoms with Gasteiger partial charge in [-0.3, -0.25) is 4.98 Å². The maximum atomic E-state index is 5.96. The topological polar surface area (TPSA) is 56.7 Å². The molecule has 0 saturated carbocycles. The Hall–Kier alpha value is -2.07. The van der Waals surface area contributed by atoms with Gasteiger partial charge in [-0.05, 0) is 30.3 Å². The van der Waals surface area contributed by atoms with E-state index in [1.807, 2.05) is 41.0 Å². The zero-order chi connectivity index (χ0) is 13.2. The molecule has 3 aromatic rings. The van der Waals surface area contributed by atoms with Crippen LogP contribution in [0, 0.1) is 0 Å². The molecule has 1 aromatic carbocycles. The van der Waals surface area contributed by atoms with Crippen LogP contribution in [-0.2, 0) is 13.0 Å². The van der Waals surface area contributed by atoms with E-state index < -0.39 is 0 Å². The van der Waals surface area contributed by atoms with E-state index in [0.717, 1.165) is 29.7 Å². The molecule has 4 nitrogen and oxygen atoms in total. The highest BCUT2D eigenvalue weighted by Gasteiger charge is 2.08. The number of fused-ring (bicyclic) bond motifs is 1. The van der Waals surface area contributed by atoms with Crippen LogP contribution >= 0.6 is 11.6 Å². The minimum atomic E-state index is 0.508. The van der Waals surface area contributed by atoms with Gasteiger partial charge >= 0.3 is 0 Å². The minimum Gasteiger partial charge on any atom is -0.369 e. The van der Waals surface area contributed by atoms with Gasteiger partial charge in [-0.25, -0.2) is 4.98 Å². The summed E-state index contributed by atoms with van der Waals surface area (Å²) < 4.78 is 1.99.